The summed E-state index contributed by atoms with van der Waals surface area (Å²) in [5.74, 6) is -0.644. The van der Waals surface area contributed by atoms with Gasteiger partial charge in [-0.3, -0.25) is 9.59 Å². The SMILES string of the molecule is CCOC(=O)c1ccc2c(c1)NC(=O)/C2=C(\CC)Nc1ccc(N(C)C(=O)CN(C)C)cc1. The number of likely N-dealkylation sites (N-methyl/N-ethyl adjacent to an activating group) is 2. The van der Waals surface area contributed by atoms with Gasteiger partial charge in [-0.15, -0.1) is 0 Å². The minimum absolute atomic E-state index is 0.00139. The number of rotatable bonds is 8. The lowest BCUT2D eigenvalue weighted by atomic mass is 10.0. The fourth-order valence-corrected chi connectivity index (χ4v) is 3.60. The minimum Gasteiger partial charge on any atom is -0.462 e. The van der Waals surface area contributed by atoms with Crippen molar-refractivity contribution in [3.05, 3.63) is 59.3 Å². The van der Waals surface area contributed by atoms with E-state index in [1.54, 1.807) is 37.1 Å². The molecular weight excluding hydrogens is 420 g/mol. The van der Waals surface area contributed by atoms with Crippen LogP contribution in [0.15, 0.2) is 48.2 Å². The molecule has 0 radical (unpaired) electrons. The Kier molecular flexibility index (Phi) is 7.50. The monoisotopic (exact) mass is 450 g/mol. The zero-order valence-electron chi connectivity index (χ0n) is 19.7. The van der Waals surface area contributed by atoms with Gasteiger partial charge in [-0.05, 0) is 63.8 Å². The van der Waals surface area contributed by atoms with Crippen molar-refractivity contribution in [1.82, 2.24) is 4.90 Å². The molecule has 8 nitrogen and oxygen atoms in total. The predicted molar refractivity (Wildman–Crippen MR) is 130 cm³/mol. The van der Waals surface area contributed by atoms with Crippen molar-refractivity contribution in [2.75, 3.05) is 49.8 Å². The number of nitrogens with one attached hydrogen (secondary N) is 2. The van der Waals surface area contributed by atoms with E-state index in [1.165, 1.54) is 0 Å². The van der Waals surface area contributed by atoms with Gasteiger partial charge in [0.2, 0.25) is 5.91 Å². The average Bonchev–Trinajstić information content (AvgIpc) is 3.11. The molecule has 3 rings (SSSR count). The molecule has 2 amide bonds. The van der Waals surface area contributed by atoms with Gasteiger partial charge in [0.1, 0.15) is 0 Å². The van der Waals surface area contributed by atoms with Crippen molar-refractivity contribution >= 4 is 40.4 Å². The number of hydrogen-bond donors (Lipinski definition) is 2. The van der Waals surface area contributed by atoms with Crippen molar-refractivity contribution in [2.45, 2.75) is 20.3 Å². The molecule has 0 atom stereocenters. The third kappa shape index (κ3) is 5.40. The molecule has 33 heavy (non-hydrogen) atoms. The third-order valence-corrected chi connectivity index (χ3v) is 5.31. The second-order valence-corrected chi connectivity index (χ2v) is 8.00. The molecular formula is C25H30N4O4. The van der Waals surface area contributed by atoms with Crippen molar-refractivity contribution in [2.24, 2.45) is 0 Å². The molecule has 174 valence electrons. The highest BCUT2D eigenvalue weighted by Gasteiger charge is 2.28. The van der Waals surface area contributed by atoms with Gasteiger partial charge in [0.05, 0.1) is 30.0 Å². The number of nitrogens with zero attached hydrogens (tertiary/aromatic N) is 2. The first-order chi connectivity index (χ1) is 15.7. The summed E-state index contributed by atoms with van der Waals surface area (Å²) in [5.41, 5.74) is 4.62. The molecule has 1 aliphatic rings. The van der Waals surface area contributed by atoms with E-state index in [-0.39, 0.29) is 18.4 Å². The third-order valence-electron chi connectivity index (χ3n) is 5.31. The summed E-state index contributed by atoms with van der Waals surface area (Å²) in [6.45, 7) is 4.33. The summed E-state index contributed by atoms with van der Waals surface area (Å²) in [5, 5.41) is 6.19. The van der Waals surface area contributed by atoms with Crippen LogP contribution < -0.4 is 15.5 Å². The summed E-state index contributed by atoms with van der Waals surface area (Å²) >= 11 is 0. The van der Waals surface area contributed by atoms with Crippen LogP contribution in [0.3, 0.4) is 0 Å². The Morgan fingerprint density at radius 3 is 2.33 bits per heavy atom. The summed E-state index contributed by atoms with van der Waals surface area (Å²) in [4.78, 5) is 40.5. The second-order valence-electron chi connectivity index (χ2n) is 8.00. The van der Waals surface area contributed by atoms with Crippen LogP contribution >= 0.6 is 0 Å². The van der Waals surface area contributed by atoms with Gasteiger partial charge in [0.15, 0.2) is 0 Å². The quantitative estimate of drug-likeness (QED) is 0.472. The number of benzene rings is 2. The zero-order chi connectivity index (χ0) is 24.1. The lowest BCUT2D eigenvalue weighted by Crippen LogP contribution is -2.34. The van der Waals surface area contributed by atoms with Crippen molar-refractivity contribution in [3.63, 3.8) is 0 Å². The van der Waals surface area contributed by atoms with E-state index in [0.29, 0.717) is 29.8 Å². The number of carbonyl (C=O) groups excluding carboxylic acids is 3. The van der Waals surface area contributed by atoms with Crippen LogP contribution in [0, 0.1) is 0 Å². The smallest absolute Gasteiger partial charge is 0.338 e. The summed E-state index contributed by atoms with van der Waals surface area (Å²) in [6, 6.07) is 12.6. The molecule has 2 aromatic rings. The van der Waals surface area contributed by atoms with E-state index in [2.05, 4.69) is 10.6 Å². The van der Waals surface area contributed by atoms with Crippen LogP contribution in [0.4, 0.5) is 17.1 Å². The highest BCUT2D eigenvalue weighted by molar-refractivity contribution is 6.32. The topological polar surface area (TPSA) is 91.0 Å². The number of esters is 1. The number of allylic oxidation sites excluding steroid dienone is 1. The lowest BCUT2D eigenvalue weighted by molar-refractivity contribution is -0.119. The number of hydrogen-bond acceptors (Lipinski definition) is 6. The van der Waals surface area contributed by atoms with Crippen LogP contribution in [0.1, 0.15) is 36.2 Å². The van der Waals surface area contributed by atoms with Gasteiger partial charge in [-0.1, -0.05) is 13.0 Å². The van der Waals surface area contributed by atoms with Crippen LogP contribution in [-0.2, 0) is 14.3 Å². The van der Waals surface area contributed by atoms with Gasteiger partial charge in [-0.2, -0.15) is 0 Å². The Hall–Kier alpha value is -3.65. The fraction of sp³-hybridized carbons (Fsp3) is 0.320. The van der Waals surface area contributed by atoms with Crippen molar-refractivity contribution < 1.29 is 19.1 Å². The van der Waals surface area contributed by atoms with Gasteiger partial charge >= 0.3 is 5.97 Å². The Bertz CT molecular complexity index is 1090. The van der Waals surface area contributed by atoms with E-state index in [9.17, 15) is 14.4 Å². The van der Waals surface area contributed by atoms with Crippen LogP contribution in [0.5, 0.6) is 0 Å². The number of anilines is 3. The van der Waals surface area contributed by atoms with Crippen molar-refractivity contribution in [3.8, 4) is 0 Å². The van der Waals surface area contributed by atoms with E-state index < -0.39 is 5.97 Å². The summed E-state index contributed by atoms with van der Waals surface area (Å²) < 4.78 is 5.05. The Labute approximate surface area is 194 Å². The molecule has 0 spiro atoms. The number of amides is 2. The van der Waals surface area contributed by atoms with Gasteiger partial charge in [0, 0.05) is 29.7 Å². The molecule has 8 heteroatoms. The maximum atomic E-state index is 12.8. The molecule has 0 saturated carbocycles. The summed E-state index contributed by atoms with van der Waals surface area (Å²) in [7, 11) is 5.46. The number of ether oxygens (including phenoxy) is 1. The van der Waals surface area contributed by atoms with E-state index in [0.717, 1.165) is 22.6 Å². The van der Waals surface area contributed by atoms with Crippen LogP contribution in [0.25, 0.3) is 5.57 Å². The largest absolute Gasteiger partial charge is 0.462 e. The number of fused-ring (bicyclic) bond motifs is 1. The Morgan fingerprint density at radius 1 is 1.03 bits per heavy atom. The molecule has 0 aromatic heterocycles. The average molecular weight is 451 g/mol. The van der Waals surface area contributed by atoms with E-state index in [1.807, 2.05) is 50.2 Å². The summed E-state index contributed by atoms with van der Waals surface area (Å²) in [6.07, 6.45) is 0.602. The maximum Gasteiger partial charge on any atom is 0.338 e. The first-order valence-electron chi connectivity index (χ1n) is 10.9. The fourth-order valence-electron chi connectivity index (χ4n) is 3.60. The van der Waals surface area contributed by atoms with Crippen molar-refractivity contribution in [1.29, 1.82) is 0 Å². The van der Waals surface area contributed by atoms with E-state index >= 15 is 0 Å². The molecule has 0 fully saturated rings. The van der Waals surface area contributed by atoms with E-state index in [4.69, 9.17) is 4.74 Å². The van der Waals surface area contributed by atoms with Crippen LogP contribution in [-0.4, -0.2) is 57.0 Å². The first kappa shape index (κ1) is 24.0. The molecule has 0 unspecified atom stereocenters. The van der Waals surface area contributed by atoms with Crippen LogP contribution in [0.2, 0.25) is 0 Å². The molecule has 0 saturated heterocycles. The first-order valence-corrected chi connectivity index (χ1v) is 10.9. The van der Waals surface area contributed by atoms with Gasteiger partial charge in [-0.25, -0.2) is 4.79 Å². The molecule has 2 N–H and O–H groups in total. The molecule has 2 aromatic carbocycles. The normalized spacial score (nSPS) is 13.9. The zero-order valence-corrected chi connectivity index (χ0v) is 19.7. The highest BCUT2D eigenvalue weighted by atomic mass is 16.5. The number of carbonyl (C=O) groups is 3. The molecule has 0 bridgehead atoms. The van der Waals surface area contributed by atoms with Gasteiger partial charge < -0.3 is 25.2 Å². The minimum atomic E-state index is -0.421. The maximum absolute atomic E-state index is 12.8. The Morgan fingerprint density at radius 2 is 1.73 bits per heavy atom. The molecule has 1 aliphatic heterocycles. The highest BCUT2D eigenvalue weighted by Crippen LogP contribution is 2.36. The van der Waals surface area contributed by atoms with Gasteiger partial charge in [0.25, 0.3) is 5.91 Å². The lowest BCUT2D eigenvalue weighted by Gasteiger charge is -2.20. The Balaban J connectivity index is 1.84. The predicted octanol–water partition coefficient (Wildman–Crippen LogP) is 3.57. The molecule has 0 aliphatic carbocycles. The standard InChI is InChI=1S/C25H30N4O4/c1-6-20(26-17-9-11-18(12-10-17)29(5)22(30)15-28(3)4)23-19-13-8-16(25(32)33-7-2)14-21(19)27-24(23)31/h8-14,26H,6-7,15H2,1-5H3,(H,27,31)/b23-20+. The second kappa shape index (κ2) is 10.3. The molecule has 1 heterocycles.